The Morgan fingerprint density at radius 1 is 1.19 bits per heavy atom. The highest BCUT2D eigenvalue weighted by Crippen LogP contribution is 2.39. The highest BCUT2D eigenvalue weighted by atomic mass is 35.5. The largest absolute Gasteiger partial charge is 0.394 e. The third-order valence-corrected chi connectivity index (χ3v) is 6.99. The van der Waals surface area contributed by atoms with Gasteiger partial charge in [0.15, 0.2) is 5.82 Å². The number of hydrogen-bond acceptors (Lipinski definition) is 7. The maximum Gasteiger partial charge on any atom is 0.223 e. The van der Waals surface area contributed by atoms with E-state index in [1.807, 2.05) is 35.8 Å². The van der Waals surface area contributed by atoms with Gasteiger partial charge >= 0.3 is 0 Å². The van der Waals surface area contributed by atoms with Crippen LogP contribution in [0.25, 0.3) is 5.00 Å². The number of benzene rings is 1. The minimum absolute atomic E-state index is 0.00130. The highest BCUT2D eigenvalue weighted by molar-refractivity contribution is 7.15. The lowest BCUT2D eigenvalue weighted by Crippen LogP contribution is -2.40. The predicted molar refractivity (Wildman–Crippen MR) is 124 cm³/mol. The summed E-state index contributed by atoms with van der Waals surface area (Å²) in [6.45, 7) is 5.31. The number of aliphatic hydroxyl groups is 2. The molecular weight excluding hydrogens is 450 g/mol. The van der Waals surface area contributed by atoms with Crippen LogP contribution in [0.3, 0.4) is 0 Å². The molecule has 4 rings (SSSR count). The van der Waals surface area contributed by atoms with Gasteiger partial charge in [0.25, 0.3) is 0 Å². The van der Waals surface area contributed by atoms with E-state index in [1.165, 1.54) is 4.88 Å². The SMILES string of the molecule is Cc1sc2c(c1C)C(c1ccc(Cl)cc1)=N[C@@H](CC(=O)NC(CO)CO)c1nnc(C)n1-2. The van der Waals surface area contributed by atoms with Gasteiger partial charge in [-0.3, -0.25) is 14.4 Å². The van der Waals surface area contributed by atoms with Gasteiger partial charge < -0.3 is 15.5 Å². The molecule has 8 nitrogen and oxygen atoms in total. The number of nitrogens with zero attached hydrogens (tertiary/aromatic N) is 4. The zero-order valence-corrected chi connectivity index (χ0v) is 19.5. The number of fused-ring (bicyclic) bond motifs is 3. The third kappa shape index (κ3) is 4.09. The Kier molecular flexibility index (Phi) is 6.43. The van der Waals surface area contributed by atoms with Crippen LogP contribution in [0.15, 0.2) is 29.3 Å². The van der Waals surface area contributed by atoms with E-state index in [-0.39, 0.29) is 25.5 Å². The monoisotopic (exact) mass is 473 g/mol. The van der Waals surface area contributed by atoms with Crippen molar-refractivity contribution in [1.29, 1.82) is 0 Å². The molecule has 3 heterocycles. The number of rotatable bonds is 6. The molecule has 0 spiro atoms. The molecule has 1 aliphatic heterocycles. The standard InChI is InChI=1S/C22H24ClN5O3S/c1-11-12(2)32-22-19(11)20(14-4-6-15(23)7-5-14)25-17(21-27-26-13(3)28(21)22)8-18(31)24-16(9-29)10-30/h4-7,16-17,29-30H,8-10H2,1-3H3,(H,24,31)/t17-/m0/s1. The second-order valence-corrected chi connectivity index (χ2v) is 9.38. The average molecular weight is 474 g/mol. The lowest BCUT2D eigenvalue weighted by molar-refractivity contribution is -0.122. The Balaban J connectivity index is 1.86. The number of carbonyl (C=O) groups is 1. The lowest BCUT2D eigenvalue weighted by Gasteiger charge is -2.16. The van der Waals surface area contributed by atoms with E-state index in [1.54, 1.807) is 11.3 Å². The maximum absolute atomic E-state index is 12.7. The molecule has 1 aliphatic rings. The summed E-state index contributed by atoms with van der Waals surface area (Å²) in [4.78, 5) is 18.9. The summed E-state index contributed by atoms with van der Waals surface area (Å²) in [5, 5.41) is 31.5. The fourth-order valence-corrected chi connectivity index (χ4v) is 5.08. The van der Waals surface area contributed by atoms with Crippen LogP contribution in [0.1, 0.15) is 45.7 Å². The summed E-state index contributed by atoms with van der Waals surface area (Å²) < 4.78 is 1.97. The lowest BCUT2D eigenvalue weighted by atomic mass is 9.99. The summed E-state index contributed by atoms with van der Waals surface area (Å²) >= 11 is 7.76. The van der Waals surface area contributed by atoms with E-state index in [9.17, 15) is 15.0 Å². The minimum Gasteiger partial charge on any atom is -0.394 e. The third-order valence-electron chi connectivity index (χ3n) is 5.54. The Labute approximate surface area is 194 Å². The normalized spacial score (nSPS) is 15.2. The van der Waals surface area contributed by atoms with Crippen LogP contribution in [0.4, 0.5) is 0 Å². The molecule has 1 aromatic carbocycles. The number of aromatic nitrogens is 3. The molecule has 0 unspecified atom stereocenters. The van der Waals surface area contributed by atoms with Crippen molar-refractivity contribution in [2.75, 3.05) is 13.2 Å². The Morgan fingerprint density at radius 2 is 1.88 bits per heavy atom. The number of aryl methyl sites for hydroxylation is 2. The van der Waals surface area contributed by atoms with Gasteiger partial charge in [0.2, 0.25) is 5.91 Å². The molecule has 32 heavy (non-hydrogen) atoms. The van der Waals surface area contributed by atoms with E-state index in [4.69, 9.17) is 16.6 Å². The quantitative estimate of drug-likeness (QED) is 0.509. The zero-order chi connectivity index (χ0) is 23.0. The van der Waals surface area contributed by atoms with Crippen molar-refractivity contribution in [2.45, 2.75) is 39.3 Å². The summed E-state index contributed by atoms with van der Waals surface area (Å²) in [7, 11) is 0. The first kappa shape index (κ1) is 22.6. The summed E-state index contributed by atoms with van der Waals surface area (Å²) in [5.41, 5.74) is 3.76. The fraction of sp³-hybridized carbons (Fsp3) is 0.364. The van der Waals surface area contributed by atoms with Crippen molar-refractivity contribution in [3.63, 3.8) is 0 Å². The van der Waals surface area contributed by atoms with Gasteiger partial charge in [-0.05, 0) is 38.5 Å². The van der Waals surface area contributed by atoms with Gasteiger partial charge in [0.05, 0.1) is 31.4 Å². The van der Waals surface area contributed by atoms with Crippen LogP contribution >= 0.6 is 22.9 Å². The first-order chi connectivity index (χ1) is 15.3. The van der Waals surface area contributed by atoms with Crippen molar-refractivity contribution in [1.82, 2.24) is 20.1 Å². The zero-order valence-electron chi connectivity index (χ0n) is 18.0. The van der Waals surface area contributed by atoms with Crippen LogP contribution in [0.2, 0.25) is 5.02 Å². The summed E-state index contributed by atoms with van der Waals surface area (Å²) in [6, 6.07) is 6.15. The first-order valence-corrected chi connectivity index (χ1v) is 11.4. The number of hydrogen-bond donors (Lipinski definition) is 3. The molecule has 0 saturated carbocycles. The molecule has 168 valence electrons. The number of aliphatic imine (C=N–C) groups is 1. The summed E-state index contributed by atoms with van der Waals surface area (Å²) in [6.07, 6.45) is -0.00130. The van der Waals surface area contributed by atoms with Crippen LogP contribution in [0.5, 0.6) is 0 Å². The van der Waals surface area contributed by atoms with Gasteiger partial charge in [-0.2, -0.15) is 0 Å². The average Bonchev–Trinajstić information content (AvgIpc) is 3.25. The molecule has 0 fully saturated rings. The molecule has 0 saturated heterocycles. The molecule has 0 radical (unpaired) electrons. The molecule has 3 aromatic rings. The van der Waals surface area contributed by atoms with Crippen molar-refractivity contribution in [3.8, 4) is 5.00 Å². The van der Waals surface area contributed by atoms with Gasteiger partial charge in [0, 0.05) is 21.0 Å². The van der Waals surface area contributed by atoms with Crippen molar-refractivity contribution >= 4 is 34.6 Å². The van der Waals surface area contributed by atoms with E-state index in [0.717, 1.165) is 27.4 Å². The number of halogens is 1. The van der Waals surface area contributed by atoms with Crippen molar-refractivity contribution in [3.05, 3.63) is 62.5 Å². The number of carbonyl (C=O) groups excluding carboxylic acids is 1. The van der Waals surface area contributed by atoms with Gasteiger partial charge in [-0.1, -0.05) is 23.7 Å². The number of thiophene rings is 1. The molecule has 1 amide bonds. The number of aliphatic hydroxyl groups excluding tert-OH is 2. The van der Waals surface area contributed by atoms with E-state index in [2.05, 4.69) is 29.4 Å². The predicted octanol–water partition coefficient (Wildman–Crippen LogP) is 2.66. The van der Waals surface area contributed by atoms with Crippen LogP contribution in [-0.4, -0.2) is 55.9 Å². The molecule has 0 bridgehead atoms. The number of amides is 1. The van der Waals surface area contributed by atoms with Crippen molar-refractivity contribution < 1.29 is 15.0 Å². The number of nitrogens with one attached hydrogen (secondary N) is 1. The van der Waals surface area contributed by atoms with Gasteiger partial charge in [-0.25, -0.2) is 0 Å². The van der Waals surface area contributed by atoms with Crippen LogP contribution in [0, 0.1) is 20.8 Å². The maximum atomic E-state index is 12.7. The summed E-state index contributed by atoms with van der Waals surface area (Å²) in [5.74, 6) is 0.949. The first-order valence-electron chi connectivity index (χ1n) is 10.2. The molecule has 0 aliphatic carbocycles. The Morgan fingerprint density at radius 3 is 2.53 bits per heavy atom. The van der Waals surface area contributed by atoms with Crippen LogP contribution in [-0.2, 0) is 4.79 Å². The second kappa shape index (κ2) is 9.11. The van der Waals surface area contributed by atoms with Crippen molar-refractivity contribution in [2.24, 2.45) is 4.99 Å². The Bertz CT molecular complexity index is 1180. The molecule has 2 aromatic heterocycles. The highest BCUT2D eigenvalue weighted by Gasteiger charge is 2.32. The van der Waals surface area contributed by atoms with Crippen LogP contribution < -0.4 is 5.32 Å². The van der Waals surface area contributed by atoms with Gasteiger partial charge in [-0.15, -0.1) is 21.5 Å². The topological polar surface area (TPSA) is 113 Å². The molecule has 10 heteroatoms. The molecular formula is C22H24ClN5O3S. The fourth-order valence-electron chi connectivity index (χ4n) is 3.74. The molecule has 3 N–H and O–H groups in total. The molecule has 1 atom stereocenters. The van der Waals surface area contributed by atoms with E-state index in [0.29, 0.717) is 16.7 Å². The van der Waals surface area contributed by atoms with Gasteiger partial charge in [0.1, 0.15) is 16.9 Å². The van der Waals surface area contributed by atoms with E-state index >= 15 is 0 Å². The Hall–Kier alpha value is -2.59. The van der Waals surface area contributed by atoms with E-state index < -0.39 is 12.1 Å². The minimum atomic E-state index is -0.723. The second-order valence-electron chi connectivity index (χ2n) is 7.74. The smallest absolute Gasteiger partial charge is 0.223 e.